The molecule has 0 radical (unpaired) electrons. The zero-order chi connectivity index (χ0) is 21.0. The first-order valence-electron chi connectivity index (χ1n) is 9.45. The van der Waals surface area contributed by atoms with E-state index in [1.54, 1.807) is 24.2 Å². The minimum absolute atomic E-state index is 0.0250. The number of hydrogen-bond acceptors (Lipinski definition) is 5. The Bertz CT molecular complexity index is 589. The van der Waals surface area contributed by atoms with Crippen LogP contribution in [0.4, 0.5) is 13.2 Å². The Hall–Kier alpha value is -1.48. The van der Waals surface area contributed by atoms with Crippen LogP contribution in [0.5, 0.6) is 0 Å². The number of rotatable bonds is 9. The highest BCUT2D eigenvalue weighted by Gasteiger charge is 2.36. The van der Waals surface area contributed by atoms with Gasteiger partial charge in [-0.05, 0) is 26.0 Å². The molecule has 1 saturated heterocycles. The van der Waals surface area contributed by atoms with Gasteiger partial charge in [-0.3, -0.25) is 9.79 Å². The number of amides is 1. The number of allylic oxidation sites excluding steroid dienone is 2. The molecule has 0 aromatic rings. The highest BCUT2D eigenvalue weighted by atomic mass is 32.2. The summed E-state index contributed by atoms with van der Waals surface area (Å²) in [6.07, 6.45) is 1.88. The number of halogens is 3. The van der Waals surface area contributed by atoms with Crippen molar-refractivity contribution < 1.29 is 22.7 Å². The number of hydrogen-bond donors (Lipinski definition) is 1. The lowest BCUT2D eigenvalue weighted by molar-refractivity contribution is -0.130. The zero-order valence-corrected chi connectivity index (χ0v) is 17.6. The molecule has 1 aliphatic heterocycles. The molecule has 0 atom stereocenters. The summed E-state index contributed by atoms with van der Waals surface area (Å²) in [5.74, 6) is 0.0250. The molecule has 0 bridgehead atoms. The van der Waals surface area contributed by atoms with Gasteiger partial charge in [0.2, 0.25) is 5.91 Å². The molecule has 1 rings (SSSR count). The maximum atomic E-state index is 13.6. The molecule has 1 fully saturated rings. The lowest BCUT2D eigenvalue weighted by Gasteiger charge is -2.21. The van der Waals surface area contributed by atoms with Crippen molar-refractivity contribution in [3.8, 4) is 0 Å². The predicted octanol–water partition coefficient (Wildman–Crippen LogP) is 4.13. The van der Waals surface area contributed by atoms with Crippen LogP contribution in [0, 0.1) is 0 Å². The SMILES string of the molecule is CCC/C=C(NCCCN1CCOCCC1=O)/C(=C\N=C(C)SC)C(F)(F)F. The fraction of sp³-hybridized carbons (Fsp3) is 0.684. The van der Waals surface area contributed by atoms with Crippen LogP contribution in [0.3, 0.4) is 0 Å². The summed E-state index contributed by atoms with van der Waals surface area (Å²) in [7, 11) is 0. The van der Waals surface area contributed by atoms with E-state index in [0.29, 0.717) is 57.2 Å². The van der Waals surface area contributed by atoms with Gasteiger partial charge >= 0.3 is 6.18 Å². The third-order valence-corrected chi connectivity index (χ3v) is 4.84. The van der Waals surface area contributed by atoms with Gasteiger partial charge in [0.05, 0.1) is 30.3 Å². The van der Waals surface area contributed by atoms with E-state index in [9.17, 15) is 18.0 Å². The number of nitrogens with one attached hydrogen (secondary N) is 1. The fourth-order valence-electron chi connectivity index (χ4n) is 2.52. The molecule has 1 heterocycles. The Kier molecular flexibility index (Phi) is 11.3. The quantitative estimate of drug-likeness (QED) is 0.263. The topological polar surface area (TPSA) is 53.9 Å². The van der Waals surface area contributed by atoms with Crippen LogP contribution in [-0.4, -0.2) is 61.1 Å². The Morgan fingerprint density at radius 2 is 2.14 bits per heavy atom. The molecule has 0 aromatic carbocycles. The average molecular weight is 422 g/mol. The van der Waals surface area contributed by atoms with Crippen molar-refractivity contribution in [1.29, 1.82) is 0 Å². The first-order chi connectivity index (χ1) is 13.3. The van der Waals surface area contributed by atoms with Crippen molar-refractivity contribution in [2.24, 2.45) is 4.99 Å². The first-order valence-corrected chi connectivity index (χ1v) is 10.7. The molecule has 5 nitrogen and oxygen atoms in total. The second-order valence-electron chi connectivity index (χ2n) is 6.32. The molecule has 0 spiro atoms. The number of carbonyl (C=O) groups excluding carboxylic acids is 1. The molecule has 9 heteroatoms. The van der Waals surface area contributed by atoms with Gasteiger partial charge in [-0.15, -0.1) is 11.8 Å². The number of unbranched alkanes of at least 4 members (excludes halogenated alkanes) is 1. The predicted molar refractivity (Wildman–Crippen MR) is 108 cm³/mol. The summed E-state index contributed by atoms with van der Waals surface area (Å²) < 4.78 is 45.9. The van der Waals surface area contributed by atoms with Gasteiger partial charge in [0.15, 0.2) is 0 Å². The Morgan fingerprint density at radius 1 is 1.39 bits per heavy atom. The molecule has 1 amide bonds. The number of nitrogens with zero attached hydrogens (tertiary/aromatic N) is 2. The molecular formula is C19H30F3N3O2S. The molecule has 0 aromatic heterocycles. The van der Waals surface area contributed by atoms with Crippen molar-refractivity contribution in [1.82, 2.24) is 10.2 Å². The third kappa shape index (κ3) is 9.14. The summed E-state index contributed by atoms with van der Waals surface area (Å²) in [5.41, 5.74) is -0.744. The van der Waals surface area contributed by atoms with E-state index < -0.39 is 11.7 Å². The molecule has 1 N–H and O–H groups in total. The van der Waals surface area contributed by atoms with Crippen LogP contribution in [-0.2, 0) is 9.53 Å². The van der Waals surface area contributed by atoms with E-state index in [0.717, 1.165) is 12.6 Å². The molecule has 0 saturated carbocycles. The normalized spacial score (nSPS) is 17.7. The van der Waals surface area contributed by atoms with E-state index in [2.05, 4.69) is 10.3 Å². The van der Waals surface area contributed by atoms with Crippen molar-refractivity contribution in [2.75, 3.05) is 39.1 Å². The Balaban J connectivity index is 2.78. The van der Waals surface area contributed by atoms with Crippen LogP contribution in [0.15, 0.2) is 28.5 Å². The number of carbonyl (C=O) groups is 1. The summed E-state index contributed by atoms with van der Waals surface area (Å²) in [6.45, 7) is 5.84. The van der Waals surface area contributed by atoms with Crippen LogP contribution >= 0.6 is 11.8 Å². The van der Waals surface area contributed by atoms with Crippen LogP contribution in [0.1, 0.15) is 39.5 Å². The molecular weight excluding hydrogens is 391 g/mol. The van der Waals surface area contributed by atoms with Gasteiger partial charge in [-0.25, -0.2) is 0 Å². The van der Waals surface area contributed by atoms with Gasteiger partial charge in [-0.1, -0.05) is 19.4 Å². The Labute approximate surface area is 169 Å². The minimum atomic E-state index is -4.51. The van der Waals surface area contributed by atoms with E-state index >= 15 is 0 Å². The smallest absolute Gasteiger partial charge is 0.385 e. The summed E-state index contributed by atoms with van der Waals surface area (Å²) in [4.78, 5) is 17.6. The lowest BCUT2D eigenvalue weighted by Crippen LogP contribution is -2.34. The maximum absolute atomic E-state index is 13.6. The van der Waals surface area contributed by atoms with Crippen LogP contribution in [0.2, 0.25) is 0 Å². The standard InChI is InChI=1S/C19H30F3N3O2S/c1-4-5-7-17(16(19(20,21)22)14-24-15(2)28-3)23-9-6-10-25-11-13-27-12-8-18(25)26/h7,14,23H,4-6,8-13H2,1-3H3/b16-14+,17-7-,24-15?. The second kappa shape index (κ2) is 12.9. The van der Waals surface area contributed by atoms with E-state index in [1.165, 1.54) is 11.8 Å². The maximum Gasteiger partial charge on any atom is 0.419 e. The molecule has 28 heavy (non-hydrogen) atoms. The molecule has 0 aliphatic carbocycles. The van der Waals surface area contributed by atoms with E-state index in [-0.39, 0.29) is 11.6 Å². The second-order valence-corrected chi connectivity index (χ2v) is 7.32. The fourth-order valence-corrected chi connectivity index (χ4v) is 2.68. The van der Waals surface area contributed by atoms with Gasteiger partial charge in [0, 0.05) is 31.5 Å². The number of thioether (sulfide) groups is 1. The van der Waals surface area contributed by atoms with Crippen molar-refractivity contribution in [2.45, 2.75) is 45.7 Å². The minimum Gasteiger partial charge on any atom is -0.385 e. The highest BCUT2D eigenvalue weighted by Crippen LogP contribution is 2.30. The van der Waals surface area contributed by atoms with Crippen molar-refractivity contribution >= 4 is 22.7 Å². The third-order valence-electron chi connectivity index (χ3n) is 4.14. The van der Waals surface area contributed by atoms with Crippen molar-refractivity contribution in [3.63, 3.8) is 0 Å². The lowest BCUT2D eigenvalue weighted by atomic mass is 10.1. The first kappa shape index (κ1) is 24.6. The summed E-state index contributed by atoms with van der Waals surface area (Å²) in [6, 6.07) is 0. The average Bonchev–Trinajstić information content (AvgIpc) is 2.85. The number of aliphatic imine (C=N–C) groups is 1. The highest BCUT2D eigenvalue weighted by molar-refractivity contribution is 8.13. The van der Waals surface area contributed by atoms with Gasteiger partial charge < -0.3 is 15.0 Å². The zero-order valence-electron chi connectivity index (χ0n) is 16.8. The molecule has 1 aliphatic rings. The number of alkyl halides is 3. The van der Waals surface area contributed by atoms with E-state index in [1.807, 2.05) is 6.92 Å². The van der Waals surface area contributed by atoms with Gasteiger partial charge in [-0.2, -0.15) is 13.2 Å². The van der Waals surface area contributed by atoms with Crippen LogP contribution in [0.25, 0.3) is 0 Å². The molecule has 160 valence electrons. The van der Waals surface area contributed by atoms with Gasteiger partial charge in [0.25, 0.3) is 0 Å². The molecule has 0 unspecified atom stereocenters. The van der Waals surface area contributed by atoms with Crippen LogP contribution < -0.4 is 5.32 Å². The largest absolute Gasteiger partial charge is 0.419 e. The summed E-state index contributed by atoms with van der Waals surface area (Å²) in [5, 5.41) is 3.45. The van der Waals surface area contributed by atoms with Crippen molar-refractivity contribution in [3.05, 3.63) is 23.5 Å². The summed E-state index contributed by atoms with van der Waals surface area (Å²) >= 11 is 1.30. The van der Waals surface area contributed by atoms with Gasteiger partial charge in [0.1, 0.15) is 0 Å². The monoisotopic (exact) mass is 421 g/mol. The Morgan fingerprint density at radius 3 is 2.79 bits per heavy atom. The number of ether oxygens (including phenoxy) is 1. The van der Waals surface area contributed by atoms with E-state index in [4.69, 9.17) is 4.74 Å².